The van der Waals surface area contributed by atoms with Gasteiger partial charge in [-0.1, -0.05) is 29.8 Å². The van der Waals surface area contributed by atoms with Gasteiger partial charge in [0.15, 0.2) is 6.73 Å². The number of amides is 2. The van der Waals surface area contributed by atoms with Crippen LogP contribution in [0.25, 0.3) is 0 Å². The van der Waals surface area contributed by atoms with Crippen molar-refractivity contribution in [1.82, 2.24) is 10.6 Å². The van der Waals surface area contributed by atoms with E-state index in [0.29, 0.717) is 18.9 Å². The molecule has 5 nitrogen and oxygen atoms in total. The number of rotatable bonds is 8. The number of carbonyl (C=O) groups is 1. The van der Waals surface area contributed by atoms with Crippen LogP contribution in [0.1, 0.15) is 18.1 Å². The zero-order valence-electron chi connectivity index (χ0n) is 14.2. The lowest BCUT2D eigenvalue weighted by Gasteiger charge is -2.10. The summed E-state index contributed by atoms with van der Waals surface area (Å²) < 4.78 is 10.8. The quantitative estimate of drug-likeness (QED) is 0.731. The number of urea groups is 1. The second kappa shape index (κ2) is 9.45. The molecule has 0 aliphatic heterocycles. The smallest absolute Gasteiger partial charge is 0.317 e. The van der Waals surface area contributed by atoms with Crippen molar-refractivity contribution in [1.29, 1.82) is 0 Å². The Balaban J connectivity index is 1.61. The standard InChI is InChI=1S/C19H24N2O3/c1-3-23-17-8-10-18(11-9-17)24-14-21-19(22)20-13-12-16-6-4-15(2)5-7-16/h4-11H,3,12-14H2,1-2H3,(H2,20,21,22). The maximum absolute atomic E-state index is 11.7. The average molecular weight is 328 g/mol. The van der Waals surface area contributed by atoms with E-state index in [4.69, 9.17) is 9.47 Å². The zero-order valence-corrected chi connectivity index (χ0v) is 14.2. The summed E-state index contributed by atoms with van der Waals surface area (Å²) in [5.41, 5.74) is 2.43. The van der Waals surface area contributed by atoms with E-state index in [0.717, 1.165) is 12.2 Å². The Morgan fingerprint density at radius 1 is 0.917 bits per heavy atom. The number of hydrogen-bond acceptors (Lipinski definition) is 3. The molecular weight excluding hydrogens is 304 g/mol. The topological polar surface area (TPSA) is 59.6 Å². The summed E-state index contributed by atoms with van der Waals surface area (Å²) in [6, 6.07) is 15.3. The number of benzene rings is 2. The normalized spacial score (nSPS) is 10.1. The second-order valence-corrected chi connectivity index (χ2v) is 5.36. The average Bonchev–Trinajstić information content (AvgIpc) is 2.58. The molecule has 0 aromatic heterocycles. The second-order valence-electron chi connectivity index (χ2n) is 5.36. The maximum Gasteiger partial charge on any atom is 0.317 e. The molecule has 24 heavy (non-hydrogen) atoms. The number of nitrogens with one attached hydrogen (secondary N) is 2. The van der Waals surface area contributed by atoms with Gasteiger partial charge in [-0.3, -0.25) is 0 Å². The summed E-state index contributed by atoms with van der Waals surface area (Å²) in [5, 5.41) is 5.47. The molecule has 5 heteroatoms. The summed E-state index contributed by atoms with van der Waals surface area (Å²) >= 11 is 0. The Kier molecular flexibility index (Phi) is 6.95. The maximum atomic E-state index is 11.7. The van der Waals surface area contributed by atoms with Crippen LogP contribution in [0.5, 0.6) is 11.5 Å². The number of hydrogen-bond donors (Lipinski definition) is 2. The van der Waals surface area contributed by atoms with E-state index >= 15 is 0 Å². The Labute approximate surface area is 143 Å². The van der Waals surface area contributed by atoms with E-state index in [1.54, 1.807) is 0 Å². The fourth-order valence-corrected chi connectivity index (χ4v) is 2.12. The molecule has 2 amide bonds. The van der Waals surface area contributed by atoms with Crippen LogP contribution in [-0.4, -0.2) is 25.9 Å². The van der Waals surface area contributed by atoms with E-state index in [1.165, 1.54) is 11.1 Å². The first-order valence-electron chi connectivity index (χ1n) is 8.10. The van der Waals surface area contributed by atoms with E-state index in [1.807, 2.05) is 31.2 Å². The van der Waals surface area contributed by atoms with E-state index in [9.17, 15) is 4.79 Å². The van der Waals surface area contributed by atoms with Gasteiger partial charge in [0.2, 0.25) is 0 Å². The van der Waals surface area contributed by atoms with Gasteiger partial charge >= 0.3 is 6.03 Å². The van der Waals surface area contributed by atoms with E-state index < -0.39 is 0 Å². The summed E-state index contributed by atoms with van der Waals surface area (Å²) in [4.78, 5) is 11.7. The fraction of sp³-hybridized carbons (Fsp3) is 0.316. The molecule has 0 aliphatic rings. The highest BCUT2D eigenvalue weighted by Crippen LogP contribution is 2.17. The Morgan fingerprint density at radius 3 is 2.17 bits per heavy atom. The Bertz CT molecular complexity index is 624. The first-order valence-corrected chi connectivity index (χ1v) is 8.10. The van der Waals surface area contributed by atoms with Crippen LogP contribution in [0.2, 0.25) is 0 Å². The van der Waals surface area contributed by atoms with Gasteiger partial charge in [-0.05, 0) is 50.1 Å². The van der Waals surface area contributed by atoms with Gasteiger partial charge in [0.1, 0.15) is 11.5 Å². The molecule has 0 saturated carbocycles. The SMILES string of the molecule is CCOc1ccc(OCNC(=O)NCCc2ccc(C)cc2)cc1. The first-order chi connectivity index (χ1) is 11.7. The molecule has 0 heterocycles. The van der Waals surface area contributed by atoms with Crippen molar-refractivity contribution in [3.05, 3.63) is 59.7 Å². The van der Waals surface area contributed by atoms with Crippen LogP contribution >= 0.6 is 0 Å². The van der Waals surface area contributed by atoms with Gasteiger partial charge in [-0.25, -0.2) is 4.79 Å². The van der Waals surface area contributed by atoms with E-state index in [2.05, 4.69) is 41.8 Å². The largest absolute Gasteiger partial charge is 0.494 e. The monoisotopic (exact) mass is 328 g/mol. The van der Waals surface area contributed by atoms with Gasteiger partial charge in [0.25, 0.3) is 0 Å². The van der Waals surface area contributed by atoms with Crippen LogP contribution in [0.3, 0.4) is 0 Å². The molecule has 2 aromatic rings. The highest BCUT2D eigenvalue weighted by Gasteiger charge is 2.01. The lowest BCUT2D eigenvalue weighted by atomic mass is 10.1. The predicted molar refractivity (Wildman–Crippen MR) is 94.5 cm³/mol. The summed E-state index contributed by atoms with van der Waals surface area (Å²) in [6.07, 6.45) is 0.799. The van der Waals surface area contributed by atoms with Crippen molar-refractivity contribution in [3.63, 3.8) is 0 Å². The summed E-state index contributed by atoms with van der Waals surface area (Å²) in [6.45, 7) is 5.32. The third kappa shape index (κ3) is 6.20. The number of carbonyl (C=O) groups excluding carboxylic acids is 1. The van der Waals surface area contributed by atoms with Gasteiger partial charge < -0.3 is 20.1 Å². The molecule has 128 valence electrons. The highest BCUT2D eigenvalue weighted by molar-refractivity contribution is 5.73. The van der Waals surface area contributed by atoms with Crippen LogP contribution in [0.4, 0.5) is 4.79 Å². The van der Waals surface area contributed by atoms with Gasteiger partial charge in [-0.15, -0.1) is 0 Å². The van der Waals surface area contributed by atoms with Gasteiger partial charge in [-0.2, -0.15) is 0 Å². The van der Waals surface area contributed by atoms with Crippen LogP contribution in [0, 0.1) is 6.92 Å². The minimum absolute atomic E-state index is 0.115. The third-order valence-corrected chi connectivity index (χ3v) is 3.43. The molecule has 2 rings (SSSR count). The van der Waals surface area contributed by atoms with Crippen molar-refractivity contribution in [2.24, 2.45) is 0 Å². The van der Waals surface area contributed by atoms with Crippen LogP contribution in [-0.2, 0) is 6.42 Å². The molecule has 0 aliphatic carbocycles. The van der Waals surface area contributed by atoms with Crippen molar-refractivity contribution in [3.8, 4) is 11.5 Å². The lowest BCUT2D eigenvalue weighted by Crippen LogP contribution is -2.38. The Morgan fingerprint density at radius 2 is 1.54 bits per heavy atom. The molecule has 0 radical (unpaired) electrons. The molecule has 0 spiro atoms. The van der Waals surface area contributed by atoms with Crippen molar-refractivity contribution in [2.45, 2.75) is 20.3 Å². The summed E-state index contributed by atoms with van der Waals surface area (Å²) in [7, 11) is 0. The first kappa shape index (κ1) is 17.7. The van der Waals surface area contributed by atoms with Crippen molar-refractivity contribution in [2.75, 3.05) is 19.9 Å². The van der Waals surface area contributed by atoms with Gasteiger partial charge in [0, 0.05) is 6.54 Å². The Hall–Kier alpha value is -2.69. The molecule has 2 aromatic carbocycles. The molecule has 0 atom stereocenters. The van der Waals surface area contributed by atoms with Crippen molar-refractivity contribution >= 4 is 6.03 Å². The highest BCUT2D eigenvalue weighted by atomic mass is 16.5. The minimum atomic E-state index is -0.243. The van der Waals surface area contributed by atoms with Crippen LogP contribution < -0.4 is 20.1 Å². The summed E-state index contributed by atoms with van der Waals surface area (Å²) in [5.74, 6) is 1.48. The molecule has 0 saturated heterocycles. The minimum Gasteiger partial charge on any atom is -0.494 e. The molecule has 0 unspecified atom stereocenters. The molecule has 2 N–H and O–H groups in total. The molecule has 0 fully saturated rings. The van der Waals surface area contributed by atoms with Crippen molar-refractivity contribution < 1.29 is 14.3 Å². The zero-order chi connectivity index (χ0) is 17.2. The molecule has 0 bridgehead atoms. The van der Waals surface area contributed by atoms with Gasteiger partial charge in [0.05, 0.1) is 6.61 Å². The predicted octanol–water partition coefficient (Wildman–Crippen LogP) is 3.27. The van der Waals surface area contributed by atoms with E-state index in [-0.39, 0.29) is 12.8 Å². The third-order valence-electron chi connectivity index (χ3n) is 3.43. The van der Waals surface area contributed by atoms with Crippen LogP contribution in [0.15, 0.2) is 48.5 Å². The number of aryl methyl sites for hydroxylation is 1. The fourth-order valence-electron chi connectivity index (χ4n) is 2.12. The molecular formula is C19H24N2O3. The number of ether oxygens (including phenoxy) is 2. The lowest BCUT2D eigenvalue weighted by molar-refractivity contribution is 0.224.